The van der Waals surface area contributed by atoms with Gasteiger partial charge < -0.3 is 14.6 Å². The molecule has 0 bridgehead atoms. The van der Waals surface area contributed by atoms with E-state index in [1.807, 2.05) is 6.92 Å². The molecule has 116 valence electrons. The van der Waals surface area contributed by atoms with Crippen molar-refractivity contribution in [3.63, 3.8) is 0 Å². The molecule has 0 fully saturated rings. The molecule has 0 aromatic heterocycles. The Kier molecular flexibility index (Phi) is 4.99. The smallest absolute Gasteiger partial charge is 0.165 e. The average molecular weight is 303 g/mol. The van der Waals surface area contributed by atoms with Crippen molar-refractivity contribution >= 4 is 6.21 Å². The first-order valence-electron chi connectivity index (χ1n) is 6.78. The first-order valence-corrected chi connectivity index (χ1v) is 6.78. The molecule has 4 nitrogen and oxygen atoms in total. The predicted molar refractivity (Wildman–Crippen MR) is 83.6 cm³/mol. The van der Waals surface area contributed by atoms with Crippen LogP contribution in [0.5, 0.6) is 17.2 Å². The first kappa shape index (κ1) is 15.8. The second-order valence-electron chi connectivity index (χ2n) is 4.77. The molecule has 2 aromatic carbocycles. The number of benzene rings is 2. The van der Waals surface area contributed by atoms with Crippen LogP contribution in [0.1, 0.15) is 24.1 Å². The molecule has 5 heteroatoms. The lowest BCUT2D eigenvalue weighted by Crippen LogP contribution is -1.95. The van der Waals surface area contributed by atoms with E-state index in [4.69, 9.17) is 9.47 Å². The van der Waals surface area contributed by atoms with Crippen molar-refractivity contribution in [2.24, 2.45) is 4.99 Å². The Morgan fingerprint density at radius 2 is 1.91 bits per heavy atom. The maximum absolute atomic E-state index is 13.7. The average Bonchev–Trinajstić information content (AvgIpc) is 2.53. The molecule has 0 radical (unpaired) electrons. The van der Waals surface area contributed by atoms with Gasteiger partial charge in [-0.1, -0.05) is 6.07 Å². The Labute approximate surface area is 128 Å². The summed E-state index contributed by atoms with van der Waals surface area (Å²) in [6.07, 6.45) is 1.55. The highest BCUT2D eigenvalue weighted by Gasteiger charge is 2.08. The van der Waals surface area contributed by atoms with Crippen LogP contribution in [-0.2, 0) is 0 Å². The molecule has 22 heavy (non-hydrogen) atoms. The van der Waals surface area contributed by atoms with E-state index in [0.29, 0.717) is 11.3 Å². The van der Waals surface area contributed by atoms with Gasteiger partial charge in [-0.2, -0.15) is 0 Å². The van der Waals surface area contributed by atoms with E-state index in [0.717, 1.165) is 5.56 Å². The van der Waals surface area contributed by atoms with Gasteiger partial charge in [-0.05, 0) is 42.8 Å². The second-order valence-corrected chi connectivity index (χ2v) is 4.77. The highest BCUT2D eigenvalue weighted by Crippen LogP contribution is 2.25. The van der Waals surface area contributed by atoms with Gasteiger partial charge in [0, 0.05) is 11.8 Å². The molecule has 0 saturated carbocycles. The zero-order valence-electron chi connectivity index (χ0n) is 12.7. The van der Waals surface area contributed by atoms with E-state index in [1.165, 1.54) is 19.2 Å². The number of rotatable bonds is 5. The predicted octanol–water partition coefficient (Wildman–Crippen LogP) is 3.73. The van der Waals surface area contributed by atoms with E-state index in [-0.39, 0.29) is 17.5 Å². The van der Waals surface area contributed by atoms with Gasteiger partial charge in [-0.25, -0.2) is 4.39 Å². The van der Waals surface area contributed by atoms with E-state index in [1.54, 1.807) is 37.6 Å². The fourth-order valence-corrected chi connectivity index (χ4v) is 1.98. The molecule has 1 atom stereocenters. The normalized spacial score (nSPS) is 12.4. The van der Waals surface area contributed by atoms with Crippen LogP contribution in [0.3, 0.4) is 0 Å². The van der Waals surface area contributed by atoms with Gasteiger partial charge in [0.2, 0.25) is 0 Å². The lowest BCUT2D eigenvalue weighted by atomic mass is 10.1. The van der Waals surface area contributed by atoms with Crippen LogP contribution in [0.4, 0.5) is 4.39 Å². The van der Waals surface area contributed by atoms with Gasteiger partial charge in [-0.15, -0.1) is 0 Å². The topological polar surface area (TPSA) is 51.0 Å². The molecule has 2 rings (SSSR count). The molecule has 0 aliphatic carbocycles. The second kappa shape index (κ2) is 6.93. The Bertz CT molecular complexity index is 686. The number of phenolic OH excluding ortho intramolecular Hbond substituents is 1. The van der Waals surface area contributed by atoms with Crippen molar-refractivity contribution in [2.45, 2.75) is 13.0 Å². The zero-order valence-corrected chi connectivity index (χ0v) is 12.7. The fraction of sp³-hybridized carbons (Fsp3) is 0.235. The van der Waals surface area contributed by atoms with E-state index >= 15 is 0 Å². The van der Waals surface area contributed by atoms with Gasteiger partial charge in [0.15, 0.2) is 11.6 Å². The molecule has 0 amide bonds. The van der Waals surface area contributed by atoms with E-state index in [2.05, 4.69) is 4.99 Å². The minimum Gasteiger partial charge on any atom is -0.507 e. The Hall–Kier alpha value is -2.56. The molecular formula is C17H18FNO3. The molecule has 0 heterocycles. The summed E-state index contributed by atoms with van der Waals surface area (Å²) in [5.41, 5.74) is 1.26. The Morgan fingerprint density at radius 1 is 1.14 bits per heavy atom. The van der Waals surface area contributed by atoms with Crippen molar-refractivity contribution in [2.75, 3.05) is 14.2 Å². The summed E-state index contributed by atoms with van der Waals surface area (Å²) < 4.78 is 23.7. The third-order valence-corrected chi connectivity index (χ3v) is 3.33. The maximum Gasteiger partial charge on any atom is 0.165 e. The largest absolute Gasteiger partial charge is 0.507 e. The summed E-state index contributed by atoms with van der Waals surface area (Å²) in [6, 6.07) is 9.35. The number of methoxy groups -OCH3 is 2. The molecular weight excluding hydrogens is 285 g/mol. The monoisotopic (exact) mass is 303 g/mol. The van der Waals surface area contributed by atoms with Crippen LogP contribution < -0.4 is 9.47 Å². The van der Waals surface area contributed by atoms with E-state index in [9.17, 15) is 9.50 Å². The van der Waals surface area contributed by atoms with Gasteiger partial charge >= 0.3 is 0 Å². The lowest BCUT2D eigenvalue weighted by Gasteiger charge is -2.09. The molecule has 0 aliphatic rings. The van der Waals surface area contributed by atoms with Crippen LogP contribution in [0.15, 0.2) is 41.4 Å². The molecule has 0 unspecified atom stereocenters. The third kappa shape index (κ3) is 3.55. The Morgan fingerprint density at radius 3 is 2.55 bits per heavy atom. The van der Waals surface area contributed by atoms with Crippen LogP contribution >= 0.6 is 0 Å². The van der Waals surface area contributed by atoms with Crippen LogP contribution in [-0.4, -0.2) is 25.5 Å². The summed E-state index contributed by atoms with van der Waals surface area (Å²) in [6.45, 7) is 1.84. The zero-order chi connectivity index (χ0) is 16.1. The number of hydrogen-bond donors (Lipinski definition) is 1. The van der Waals surface area contributed by atoms with Crippen molar-refractivity contribution in [3.8, 4) is 17.2 Å². The Balaban J connectivity index is 2.21. The van der Waals surface area contributed by atoms with Crippen molar-refractivity contribution in [1.29, 1.82) is 0 Å². The quantitative estimate of drug-likeness (QED) is 0.856. The van der Waals surface area contributed by atoms with Crippen LogP contribution in [0.2, 0.25) is 0 Å². The lowest BCUT2D eigenvalue weighted by molar-refractivity contribution is 0.386. The van der Waals surface area contributed by atoms with Crippen LogP contribution in [0.25, 0.3) is 0 Å². The summed E-state index contributed by atoms with van der Waals surface area (Å²) in [5.74, 6) is 0.511. The number of aromatic hydroxyl groups is 1. The third-order valence-electron chi connectivity index (χ3n) is 3.33. The number of halogens is 1. The van der Waals surface area contributed by atoms with E-state index < -0.39 is 5.82 Å². The van der Waals surface area contributed by atoms with Crippen molar-refractivity contribution in [3.05, 3.63) is 53.3 Å². The summed E-state index contributed by atoms with van der Waals surface area (Å²) in [4.78, 5) is 4.35. The van der Waals surface area contributed by atoms with Gasteiger partial charge in [0.1, 0.15) is 11.5 Å². The molecule has 0 spiro atoms. The highest BCUT2D eigenvalue weighted by atomic mass is 19.1. The number of nitrogens with zero attached hydrogens (tertiary/aromatic N) is 1. The van der Waals surface area contributed by atoms with Crippen molar-refractivity contribution < 1.29 is 19.0 Å². The molecule has 2 aromatic rings. The van der Waals surface area contributed by atoms with Crippen molar-refractivity contribution in [1.82, 2.24) is 0 Å². The first-order chi connectivity index (χ1) is 10.5. The minimum absolute atomic E-state index is 0.109. The summed E-state index contributed by atoms with van der Waals surface area (Å²) >= 11 is 0. The maximum atomic E-state index is 13.7. The van der Waals surface area contributed by atoms with Gasteiger partial charge in [-0.3, -0.25) is 4.99 Å². The fourth-order valence-electron chi connectivity index (χ4n) is 1.98. The minimum atomic E-state index is -0.425. The summed E-state index contributed by atoms with van der Waals surface area (Å²) in [5, 5.41) is 9.80. The summed E-state index contributed by atoms with van der Waals surface area (Å²) in [7, 11) is 2.97. The SMILES string of the molecule is COc1ccc(O)c(C=N[C@H](C)c2ccc(OC)c(F)c2)c1. The number of hydrogen-bond acceptors (Lipinski definition) is 4. The number of phenols is 1. The number of ether oxygens (including phenoxy) is 2. The standard InChI is InChI=1S/C17H18FNO3/c1-11(12-4-7-17(22-3)15(18)9-12)19-10-13-8-14(21-2)5-6-16(13)20/h4-11,20H,1-3H3/t11-/m1/s1. The van der Waals surface area contributed by atoms with Gasteiger partial charge in [0.05, 0.1) is 20.3 Å². The molecule has 0 saturated heterocycles. The van der Waals surface area contributed by atoms with Crippen LogP contribution in [0, 0.1) is 5.82 Å². The number of aliphatic imine (C=N–C) groups is 1. The van der Waals surface area contributed by atoms with Gasteiger partial charge in [0.25, 0.3) is 0 Å². The molecule has 1 N–H and O–H groups in total. The highest BCUT2D eigenvalue weighted by molar-refractivity contribution is 5.84. The molecule has 0 aliphatic heterocycles.